The minimum absolute atomic E-state index is 0. The molecule has 0 saturated carbocycles. The topological polar surface area (TPSA) is 24.1 Å². The summed E-state index contributed by atoms with van der Waals surface area (Å²) in [5.74, 6) is 0. The zero-order valence-corrected chi connectivity index (χ0v) is 10.6. The van der Waals surface area contributed by atoms with Gasteiger partial charge in [-0.3, -0.25) is 0 Å². The van der Waals surface area contributed by atoms with Gasteiger partial charge in [-0.15, -0.1) is 12.4 Å². The summed E-state index contributed by atoms with van der Waals surface area (Å²) in [5, 5.41) is 7.02. The lowest BCUT2D eigenvalue weighted by atomic mass is 10.1. The molecule has 1 saturated heterocycles. The molecule has 3 heteroatoms. The summed E-state index contributed by atoms with van der Waals surface area (Å²) in [5.41, 5.74) is 2.79. The van der Waals surface area contributed by atoms with E-state index < -0.39 is 0 Å². The number of hydrogen-bond donors (Lipinski definition) is 2. The van der Waals surface area contributed by atoms with Crippen LogP contribution in [0.25, 0.3) is 0 Å². The standard InChI is InChI=1S/C13H20N2.ClH/c1-11-5-2-3-6-12(11)9-14-10-13-7-4-8-15-13;/h2-3,5-6,13-15H,4,7-10H2,1H3;1H. The Kier molecular flexibility index (Phi) is 5.81. The van der Waals surface area contributed by atoms with Crippen molar-refractivity contribution in [2.75, 3.05) is 13.1 Å². The van der Waals surface area contributed by atoms with E-state index in [1.165, 1.54) is 30.5 Å². The number of rotatable bonds is 4. The average molecular weight is 241 g/mol. The second-order valence-corrected chi connectivity index (χ2v) is 4.35. The second-order valence-electron chi connectivity index (χ2n) is 4.35. The lowest BCUT2D eigenvalue weighted by Crippen LogP contribution is -2.33. The first-order valence-corrected chi connectivity index (χ1v) is 5.85. The van der Waals surface area contributed by atoms with Crippen LogP contribution in [0.2, 0.25) is 0 Å². The number of aryl methyl sites for hydroxylation is 1. The van der Waals surface area contributed by atoms with Gasteiger partial charge < -0.3 is 10.6 Å². The summed E-state index contributed by atoms with van der Waals surface area (Å²) in [6.45, 7) is 5.45. The molecule has 0 aromatic heterocycles. The third-order valence-corrected chi connectivity index (χ3v) is 3.13. The Balaban J connectivity index is 0.00000128. The lowest BCUT2D eigenvalue weighted by Gasteiger charge is -2.12. The normalized spacial score (nSPS) is 19.4. The van der Waals surface area contributed by atoms with Crippen LogP contribution in [-0.4, -0.2) is 19.1 Å². The van der Waals surface area contributed by atoms with Gasteiger partial charge in [0.2, 0.25) is 0 Å². The van der Waals surface area contributed by atoms with Crippen molar-refractivity contribution in [3.63, 3.8) is 0 Å². The molecule has 1 fully saturated rings. The summed E-state index contributed by atoms with van der Waals surface area (Å²) < 4.78 is 0. The maximum Gasteiger partial charge on any atom is 0.0208 e. The number of hydrogen-bond acceptors (Lipinski definition) is 2. The lowest BCUT2D eigenvalue weighted by molar-refractivity contribution is 0.535. The third kappa shape index (κ3) is 3.78. The van der Waals surface area contributed by atoms with Gasteiger partial charge in [0.05, 0.1) is 0 Å². The van der Waals surface area contributed by atoms with Gasteiger partial charge in [-0.05, 0) is 37.4 Å². The first kappa shape index (κ1) is 13.5. The van der Waals surface area contributed by atoms with Crippen LogP contribution in [0.3, 0.4) is 0 Å². The van der Waals surface area contributed by atoms with Gasteiger partial charge in [-0.25, -0.2) is 0 Å². The monoisotopic (exact) mass is 240 g/mol. The van der Waals surface area contributed by atoms with E-state index in [9.17, 15) is 0 Å². The van der Waals surface area contributed by atoms with E-state index in [1.54, 1.807) is 0 Å². The highest BCUT2D eigenvalue weighted by molar-refractivity contribution is 5.85. The highest BCUT2D eigenvalue weighted by atomic mass is 35.5. The van der Waals surface area contributed by atoms with Crippen molar-refractivity contribution in [3.8, 4) is 0 Å². The SMILES string of the molecule is Cc1ccccc1CNCC1CCCN1.Cl. The van der Waals surface area contributed by atoms with Crippen LogP contribution in [0.4, 0.5) is 0 Å². The predicted octanol–water partition coefficient (Wildman–Crippen LogP) is 2.26. The van der Waals surface area contributed by atoms with Gasteiger partial charge in [-0.2, -0.15) is 0 Å². The Morgan fingerprint density at radius 2 is 2.19 bits per heavy atom. The quantitative estimate of drug-likeness (QED) is 0.844. The Labute approximate surface area is 104 Å². The Hall–Kier alpha value is -0.570. The summed E-state index contributed by atoms with van der Waals surface area (Å²) in [4.78, 5) is 0. The molecule has 1 aliphatic heterocycles. The minimum Gasteiger partial charge on any atom is -0.313 e. The maximum atomic E-state index is 3.52. The molecule has 1 aromatic rings. The van der Waals surface area contributed by atoms with Gasteiger partial charge in [-0.1, -0.05) is 24.3 Å². The van der Waals surface area contributed by atoms with Crippen molar-refractivity contribution >= 4 is 12.4 Å². The van der Waals surface area contributed by atoms with Crippen LogP contribution in [-0.2, 0) is 6.54 Å². The van der Waals surface area contributed by atoms with Crippen molar-refractivity contribution in [1.82, 2.24) is 10.6 Å². The molecule has 1 aliphatic rings. The van der Waals surface area contributed by atoms with E-state index >= 15 is 0 Å². The van der Waals surface area contributed by atoms with Crippen molar-refractivity contribution in [1.29, 1.82) is 0 Å². The third-order valence-electron chi connectivity index (χ3n) is 3.13. The average Bonchev–Trinajstić information content (AvgIpc) is 2.74. The molecular weight excluding hydrogens is 220 g/mol. The van der Waals surface area contributed by atoms with Crippen LogP contribution in [0.1, 0.15) is 24.0 Å². The largest absolute Gasteiger partial charge is 0.313 e. The van der Waals surface area contributed by atoms with E-state index in [4.69, 9.17) is 0 Å². The Bertz CT molecular complexity index is 309. The molecule has 16 heavy (non-hydrogen) atoms. The second kappa shape index (κ2) is 6.89. The Morgan fingerprint density at radius 1 is 1.38 bits per heavy atom. The predicted molar refractivity (Wildman–Crippen MR) is 71.2 cm³/mol. The van der Waals surface area contributed by atoms with Gasteiger partial charge >= 0.3 is 0 Å². The molecule has 0 radical (unpaired) electrons. The summed E-state index contributed by atoms with van der Waals surface area (Å²) in [6, 6.07) is 9.26. The van der Waals surface area contributed by atoms with Crippen LogP contribution in [0, 0.1) is 6.92 Å². The zero-order chi connectivity index (χ0) is 10.5. The number of benzene rings is 1. The molecule has 2 N–H and O–H groups in total. The number of nitrogens with one attached hydrogen (secondary N) is 2. The molecule has 0 spiro atoms. The smallest absolute Gasteiger partial charge is 0.0208 e. The van der Waals surface area contributed by atoms with Crippen molar-refractivity contribution in [2.45, 2.75) is 32.4 Å². The Morgan fingerprint density at radius 3 is 2.88 bits per heavy atom. The molecule has 90 valence electrons. The van der Waals surface area contributed by atoms with Crippen molar-refractivity contribution < 1.29 is 0 Å². The summed E-state index contributed by atoms with van der Waals surface area (Å²) >= 11 is 0. The van der Waals surface area contributed by atoms with Crippen LogP contribution in [0.15, 0.2) is 24.3 Å². The van der Waals surface area contributed by atoms with Crippen LogP contribution >= 0.6 is 12.4 Å². The molecule has 0 amide bonds. The van der Waals surface area contributed by atoms with Gasteiger partial charge in [0.1, 0.15) is 0 Å². The summed E-state index contributed by atoms with van der Waals surface area (Å²) in [7, 11) is 0. The molecule has 1 atom stereocenters. The van der Waals surface area contributed by atoms with Crippen LogP contribution in [0.5, 0.6) is 0 Å². The van der Waals surface area contributed by atoms with Gasteiger partial charge in [0, 0.05) is 19.1 Å². The molecule has 2 nitrogen and oxygen atoms in total. The highest BCUT2D eigenvalue weighted by Gasteiger charge is 2.12. The summed E-state index contributed by atoms with van der Waals surface area (Å²) in [6.07, 6.45) is 2.65. The van der Waals surface area contributed by atoms with Crippen molar-refractivity contribution in [2.24, 2.45) is 0 Å². The molecule has 1 heterocycles. The van der Waals surface area contributed by atoms with Gasteiger partial charge in [0.15, 0.2) is 0 Å². The fourth-order valence-corrected chi connectivity index (χ4v) is 2.12. The molecule has 2 rings (SSSR count). The molecule has 1 aromatic carbocycles. The molecule has 0 bridgehead atoms. The zero-order valence-electron chi connectivity index (χ0n) is 9.83. The molecular formula is C13H21ClN2. The van der Waals surface area contributed by atoms with E-state index in [-0.39, 0.29) is 12.4 Å². The fourth-order valence-electron chi connectivity index (χ4n) is 2.12. The molecule has 0 aliphatic carbocycles. The van der Waals surface area contributed by atoms with Crippen LogP contribution < -0.4 is 10.6 Å². The first-order valence-electron chi connectivity index (χ1n) is 5.85. The van der Waals surface area contributed by atoms with E-state index in [1.807, 2.05) is 0 Å². The fraction of sp³-hybridized carbons (Fsp3) is 0.538. The maximum absolute atomic E-state index is 3.52. The molecule has 1 unspecified atom stereocenters. The van der Waals surface area contributed by atoms with Gasteiger partial charge in [0.25, 0.3) is 0 Å². The minimum atomic E-state index is 0. The first-order chi connectivity index (χ1) is 7.36. The van der Waals surface area contributed by atoms with E-state index in [0.717, 1.165) is 13.1 Å². The highest BCUT2D eigenvalue weighted by Crippen LogP contribution is 2.07. The number of halogens is 1. The van der Waals surface area contributed by atoms with E-state index in [0.29, 0.717) is 6.04 Å². The van der Waals surface area contributed by atoms with Crippen molar-refractivity contribution in [3.05, 3.63) is 35.4 Å². The van der Waals surface area contributed by atoms with E-state index in [2.05, 4.69) is 41.8 Å².